The second-order valence-electron chi connectivity index (χ2n) is 14.8. The summed E-state index contributed by atoms with van der Waals surface area (Å²) in [6.07, 6.45) is 0. The molecule has 3 N–H and O–H groups in total. The van der Waals surface area contributed by atoms with E-state index < -0.39 is 46.2 Å². The van der Waals surface area contributed by atoms with Crippen molar-refractivity contribution in [3.63, 3.8) is 0 Å². The highest BCUT2D eigenvalue weighted by Crippen LogP contribution is 2.48. The van der Waals surface area contributed by atoms with Gasteiger partial charge in [-0.2, -0.15) is 0 Å². The van der Waals surface area contributed by atoms with Crippen molar-refractivity contribution in [2.24, 2.45) is 5.16 Å². The van der Waals surface area contributed by atoms with Crippen molar-refractivity contribution < 1.29 is 43.4 Å². The first kappa shape index (κ1) is 41.7. The van der Waals surface area contributed by atoms with E-state index in [2.05, 4.69) is 15.8 Å². The van der Waals surface area contributed by atoms with E-state index in [9.17, 15) is 29.1 Å². The molecule has 0 aliphatic carbocycles. The number of hydrogen-bond donors (Lipinski definition) is 3. The molecule has 2 amide bonds. The van der Waals surface area contributed by atoms with Gasteiger partial charge >= 0.3 is 17.9 Å². The number of nitrogens with zero attached hydrogens (tertiary/aromatic N) is 4. The number of amides is 2. The normalized spacial score (nSPS) is 18.3. The predicted octanol–water partition coefficient (Wildman–Crippen LogP) is 5.85. The van der Waals surface area contributed by atoms with Gasteiger partial charge in [0.1, 0.15) is 29.3 Å². The molecule has 15 nitrogen and oxygen atoms in total. The Balaban J connectivity index is 1.04. The predicted molar refractivity (Wildman–Crippen MR) is 231 cm³/mol. The maximum absolute atomic E-state index is 14.2. The van der Waals surface area contributed by atoms with Crippen molar-refractivity contribution >= 4 is 63.7 Å². The average Bonchev–Trinajstić information content (AvgIpc) is 3.91. The summed E-state index contributed by atoms with van der Waals surface area (Å²) in [5, 5.41) is 22.5. The first-order valence-corrected chi connectivity index (χ1v) is 21.3. The van der Waals surface area contributed by atoms with Gasteiger partial charge in [-0.15, -0.1) is 23.1 Å². The number of carboxylic acids is 1. The Bertz CT molecular complexity index is 2510. The minimum atomic E-state index is -1.52. The quantitative estimate of drug-likeness (QED) is 0.0320. The molecular weight excluding hydrogens is 833 g/mol. The Morgan fingerprint density at radius 1 is 0.855 bits per heavy atom. The van der Waals surface area contributed by atoms with Gasteiger partial charge < -0.3 is 35.0 Å². The molecule has 17 heteroatoms. The zero-order chi connectivity index (χ0) is 43.8. The van der Waals surface area contributed by atoms with Crippen LogP contribution in [0.15, 0.2) is 125 Å². The Morgan fingerprint density at radius 3 is 1.84 bits per heavy atom. The molecule has 4 heterocycles. The number of ether oxygens (including phenoxy) is 2. The molecule has 3 aliphatic heterocycles. The first-order valence-electron chi connectivity index (χ1n) is 19.4. The van der Waals surface area contributed by atoms with Crippen molar-refractivity contribution in [1.82, 2.24) is 20.1 Å². The highest BCUT2D eigenvalue weighted by molar-refractivity contribution is 8.00. The van der Waals surface area contributed by atoms with Crippen LogP contribution in [0.1, 0.15) is 54.3 Å². The summed E-state index contributed by atoms with van der Waals surface area (Å²) in [6.45, 7) is 4.48. The van der Waals surface area contributed by atoms with E-state index >= 15 is 0 Å². The van der Waals surface area contributed by atoms with E-state index in [1.807, 2.05) is 95.9 Å². The number of benzene rings is 4. The summed E-state index contributed by atoms with van der Waals surface area (Å²) in [7, 11) is 1.30. The van der Waals surface area contributed by atoms with Crippen molar-refractivity contribution in [3.8, 4) is 11.5 Å². The van der Waals surface area contributed by atoms with Crippen molar-refractivity contribution in [2.75, 3.05) is 18.2 Å². The van der Waals surface area contributed by atoms with Crippen LogP contribution < -0.4 is 20.1 Å². The molecule has 1 aromatic heterocycles. The lowest BCUT2D eigenvalue weighted by atomic mass is 9.77. The number of anilines is 1. The number of fused-ring (bicyclic) bond motifs is 2. The summed E-state index contributed by atoms with van der Waals surface area (Å²) >= 11 is 2.57. The van der Waals surface area contributed by atoms with Gasteiger partial charge in [0.05, 0.1) is 5.70 Å². The zero-order valence-electron chi connectivity index (χ0n) is 33.9. The van der Waals surface area contributed by atoms with Crippen LogP contribution >= 0.6 is 23.1 Å². The third-order valence-corrected chi connectivity index (χ3v) is 13.0. The van der Waals surface area contributed by atoms with Gasteiger partial charge in [-0.3, -0.25) is 24.1 Å². The van der Waals surface area contributed by atoms with E-state index in [0.29, 0.717) is 10.8 Å². The fraction of sp³-hybridized carbons (Fsp3) is 0.222. The van der Waals surface area contributed by atoms with Crippen LogP contribution in [0.2, 0.25) is 0 Å². The summed E-state index contributed by atoms with van der Waals surface area (Å²) in [6, 6.07) is 33.1. The van der Waals surface area contributed by atoms with Crippen LogP contribution in [0.4, 0.5) is 5.13 Å². The highest BCUT2D eigenvalue weighted by Gasteiger charge is 2.63. The SMILES string of the molecule is CO/N=C(\C(=O)NC1(C)C(=O)N2C(C(=O)O)=C(N3Cc4cc(OC(C)=O)c(OC(C)=O)cc4C3)CS[C@H]21)c1csc(NC(c2ccccc2)(c2ccccc2)c2ccccc2)n1. The van der Waals surface area contributed by atoms with Crippen molar-refractivity contribution in [1.29, 1.82) is 0 Å². The topological polar surface area (TPSA) is 189 Å². The number of β-lactam (4-membered cyclic amide) rings is 1. The molecule has 3 aliphatic rings. The fourth-order valence-corrected chi connectivity index (χ4v) is 10.3. The third kappa shape index (κ3) is 7.53. The number of carbonyl (C=O) groups is 5. The number of aliphatic carboxylic acids is 1. The van der Waals surface area contributed by atoms with Gasteiger partial charge in [0.2, 0.25) is 0 Å². The molecule has 316 valence electrons. The second kappa shape index (κ2) is 16.8. The molecule has 0 saturated carbocycles. The number of carbonyl (C=O) groups excluding carboxylic acids is 4. The van der Waals surface area contributed by atoms with Gasteiger partial charge in [0, 0.05) is 38.1 Å². The van der Waals surface area contributed by atoms with Gasteiger partial charge in [-0.1, -0.05) is 96.2 Å². The Hall–Kier alpha value is -6.98. The van der Waals surface area contributed by atoms with Crippen molar-refractivity contribution in [3.05, 3.63) is 153 Å². The molecule has 1 unspecified atom stereocenters. The Morgan fingerprint density at radius 2 is 1.37 bits per heavy atom. The van der Waals surface area contributed by atoms with E-state index in [-0.39, 0.29) is 47.4 Å². The van der Waals surface area contributed by atoms with Gasteiger partial charge in [0.25, 0.3) is 11.8 Å². The minimum Gasteiger partial charge on any atom is -0.477 e. The van der Waals surface area contributed by atoms with E-state index in [0.717, 1.165) is 27.8 Å². The first-order chi connectivity index (χ1) is 29.8. The monoisotopic (exact) mass is 872 g/mol. The summed E-state index contributed by atoms with van der Waals surface area (Å²) in [5.74, 6) is -3.58. The Labute approximate surface area is 364 Å². The highest BCUT2D eigenvalue weighted by atomic mass is 32.2. The summed E-state index contributed by atoms with van der Waals surface area (Å²) < 4.78 is 10.6. The number of hydrogen-bond acceptors (Lipinski definition) is 14. The maximum atomic E-state index is 14.2. The number of rotatable bonds is 13. The third-order valence-electron chi connectivity index (χ3n) is 10.8. The van der Waals surface area contributed by atoms with Gasteiger partial charge in [-0.25, -0.2) is 9.78 Å². The average molecular weight is 873 g/mol. The number of thioether (sulfide) groups is 1. The molecule has 1 fully saturated rings. The lowest BCUT2D eigenvalue weighted by molar-refractivity contribution is -0.157. The number of oxime groups is 1. The molecule has 0 bridgehead atoms. The Kier molecular flexibility index (Phi) is 11.3. The maximum Gasteiger partial charge on any atom is 0.354 e. The molecule has 0 radical (unpaired) electrons. The molecule has 5 aromatic rings. The largest absolute Gasteiger partial charge is 0.477 e. The van der Waals surface area contributed by atoms with Crippen molar-refractivity contribution in [2.45, 2.75) is 50.3 Å². The van der Waals surface area contributed by atoms with Crippen LogP contribution in [-0.4, -0.2) is 79.1 Å². The van der Waals surface area contributed by atoms with E-state index in [1.165, 1.54) is 49.0 Å². The lowest BCUT2D eigenvalue weighted by Crippen LogP contribution is -2.79. The number of thiazole rings is 1. The van der Waals surface area contributed by atoms with Crippen LogP contribution in [-0.2, 0) is 47.4 Å². The number of aromatic nitrogens is 1. The smallest absolute Gasteiger partial charge is 0.354 e. The fourth-order valence-electron chi connectivity index (χ4n) is 8.10. The molecule has 4 aromatic carbocycles. The molecule has 8 rings (SSSR count). The van der Waals surface area contributed by atoms with E-state index in [1.54, 1.807) is 24.4 Å². The van der Waals surface area contributed by atoms with Crippen LogP contribution in [0.3, 0.4) is 0 Å². The lowest BCUT2D eigenvalue weighted by Gasteiger charge is -2.56. The van der Waals surface area contributed by atoms with Gasteiger partial charge in [-0.05, 0) is 46.9 Å². The molecular formula is C45H40N6O9S2. The minimum absolute atomic E-state index is 0.0597. The number of esters is 2. The standard InChI is InChI=1S/C45H40N6O9S2/c1-26(52)59-35-20-28-22-50(23-29(28)21-36(35)60-27(2)53)34-25-61-42-44(3,41(57)51(42)38(34)40(55)56)47-39(54)37(49-58-4)33-24-62-43(46-33)48-45(30-14-8-5-9-15-30,31-16-10-6-11-17-31)32-18-12-7-13-19-32/h5-21,24,42H,22-23,25H2,1-4H3,(H,46,48)(H,47,54)(H,55,56)/b49-37-/t42-,44?/m0/s1. The van der Waals surface area contributed by atoms with Crippen LogP contribution in [0.5, 0.6) is 11.5 Å². The van der Waals surface area contributed by atoms with E-state index in [4.69, 9.17) is 19.3 Å². The molecule has 0 spiro atoms. The van der Waals surface area contributed by atoms with Gasteiger partial charge in [0.15, 0.2) is 28.0 Å². The van der Waals surface area contributed by atoms with Crippen LogP contribution in [0, 0.1) is 0 Å². The summed E-state index contributed by atoms with van der Waals surface area (Å²) in [4.78, 5) is 77.8. The second-order valence-corrected chi connectivity index (χ2v) is 16.8. The summed E-state index contributed by atoms with van der Waals surface area (Å²) in [5.41, 5.74) is 2.11. The molecule has 62 heavy (non-hydrogen) atoms. The molecule has 1 saturated heterocycles. The number of nitrogens with one attached hydrogen (secondary N) is 2. The number of carboxylic acid groups (broad SMARTS) is 1. The zero-order valence-corrected chi connectivity index (χ0v) is 35.5. The molecule has 2 atom stereocenters. The van der Waals surface area contributed by atoms with Crippen LogP contribution in [0.25, 0.3) is 0 Å².